The number of imidazole rings is 1. The highest BCUT2D eigenvalue weighted by atomic mass is 32.1. The van der Waals surface area contributed by atoms with Crippen molar-refractivity contribution in [2.75, 3.05) is 13.2 Å². The molecular weight excluding hydrogens is 380 g/mol. The van der Waals surface area contributed by atoms with Gasteiger partial charge in [0.15, 0.2) is 16.5 Å². The number of carbonyl (C=O) groups is 1. The molecule has 0 N–H and O–H groups in total. The molecule has 0 atom stereocenters. The van der Waals surface area contributed by atoms with Crippen LogP contribution in [0.3, 0.4) is 0 Å². The predicted molar refractivity (Wildman–Crippen MR) is 104 cm³/mol. The van der Waals surface area contributed by atoms with Gasteiger partial charge in [0.2, 0.25) is 0 Å². The highest BCUT2D eigenvalue weighted by Gasteiger charge is 2.13. The first-order valence-electron chi connectivity index (χ1n) is 8.58. The smallest absolute Gasteiger partial charge is 0.274 e. The summed E-state index contributed by atoms with van der Waals surface area (Å²) < 4.78 is 12.9. The normalized spacial score (nSPS) is 12.0. The minimum absolute atomic E-state index is 0.193. The maximum Gasteiger partial charge on any atom is 0.274 e. The van der Waals surface area contributed by atoms with E-state index in [4.69, 9.17) is 9.47 Å². The van der Waals surface area contributed by atoms with E-state index in [1.165, 1.54) is 11.3 Å². The number of hydrogen-bond donors (Lipinski definition) is 0. The summed E-state index contributed by atoms with van der Waals surface area (Å²) in [6, 6.07) is 12.6. The SMILES string of the molecule is CCOc1cccc(/C=c2\sc3nc4ccccc4n3c2=O)c1OCC(=O)[O-]. The Labute approximate surface area is 163 Å². The zero-order valence-corrected chi connectivity index (χ0v) is 15.7. The molecule has 8 heteroatoms. The van der Waals surface area contributed by atoms with Gasteiger partial charge in [-0.05, 0) is 31.2 Å². The van der Waals surface area contributed by atoms with E-state index in [0.717, 1.165) is 11.0 Å². The molecule has 2 aromatic heterocycles. The van der Waals surface area contributed by atoms with Gasteiger partial charge in [-0.25, -0.2) is 9.38 Å². The Kier molecular flexibility index (Phi) is 4.70. The van der Waals surface area contributed by atoms with Crippen LogP contribution in [0.1, 0.15) is 12.5 Å². The fourth-order valence-electron chi connectivity index (χ4n) is 2.95. The summed E-state index contributed by atoms with van der Waals surface area (Å²) in [5.74, 6) is -0.691. The Hall–Kier alpha value is -3.39. The first-order chi connectivity index (χ1) is 13.6. The van der Waals surface area contributed by atoms with Crippen molar-refractivity contribution in [3.8, 4) is 11.5 Å². The Balaban J connectivity index is 1.88. The quantitative estimate of drug-likeness (QED) is 0.483. The first-order valence-corrected chi connectivity index (χ1v) is 9.40. The number of aromatic nitrogens is 2. The van der Waals surface area contributed by atoms with Crippen LogP contribution < -0.4 is 24.7 Å². The number of carboxylic acids is 1. The molecule has 2 aromatic carbocycles. The molecule has 0 amide bonds. The molecule has 0 aliphatic heterocycles. The summed E-state index contributed by atoms with van der Waals surface area (Å²) in [7, 11) is 0. The van der Waals surface area contributed by atoms with Gasteiger partial charge in [0, 0.05) is 5.56 Å². The molecule has 0 spiro atoms. The number of ether oxygens (including phenoxy) is 2. The first kappa shape index (κ1) is 18.0. The number of aliphatic carboxylic acids is 1. The van der Waals surface area contributed by atoms with Crippen LogP contribution >= 0.6 is 11.3 Å². The van der Waals surface area contributed by atoms with E-state index < -0.39 is 12.6 Å². The van der Waals surface area contributed by atoms with Crippen LogP contribution in [0.5, 0.6) is 11.5 Å². The molecule has 2 heterocycles. The van der Waals surface area contributed by atoms with Crippen LogP contribution in [-0.2, 0) is 4.79 Å². The second-order valence-electron chi connectivity index (χ2n) is 5.90. The molecule has 28 heavy (non-hydrogen) atoms. The van der Waals surface area contributed by atoms with E-state index in [2.05, 4.69) is 4.98 Å². The molecule has 0 radical (unpaired) electrons. The monoisotopic (exact) mass is 395 g/mol. The Morgan fingerprint density at radius 3 is 2.82 bits per heavy atom. The maximum atomic E-state index is 12.9. The van der Waals surface area contributed by atoms with Crippen molar-refractivity contribution >= 4 is 39.4 Å². The number of rotatable bonds is 6. The lowest BCUT2D eigenvalue weighted by Gasteiger charge is -2.14. The minimum Gasteiger partial charge on any atom is -0.546 e. The number of carbonyl (C=O) groups excluding carboxylic acids is 1. The third-order valence-electron chi connectivity index (χ3n) is 4.08. The number of carboxylic acid groups (broad SMARTS) is 1. The van der Waals surface area contributed by atoms with Gasteiger partial charge < -0.3 is 19.4 Å². The molecule has 0 aliphatic carbocycles. The minimum atomic E-state index is -1.34. The Morgan fingerprint density at radius 1 is 1.21 bits per heavy atom. The van der Waals surface area contributed by atoms with E-state index in [9.17, 15) is 14.7 Å². The molecular formula is C20H15N2O5S-. The van der Waals surface area contributed by atoms with Crippen LogP contribution in [0.15, 0.2) is 47.3 Å². The predicted octanol–water partition coefficient (Wildman–Crippen LogP) is 0.984. The van der Waals surface area contributed by atoms with Crippen molar-refractivity contribution < 1.29 is 19.4 Å². The Bertz CT molecular complexity index is 1290. The van der Waals surface area contributed by atoms with E-state index in [1.54, 1.807) is 28.7 Å². The molecule has 4 aromatic rings. The van der Waals surface area contributed by atoms with Gasteiger partial charge >= 0.3 is 0 Å². The lowest BCUT2D eigenvalue weighted by molar-refractivity contribution is -0.307. The highest BCUT2D eigenvalue weighted by Crippen LogP contribution is 2.32. The standard InChI is InChI=1S/C20H16N2O5S/c1-2-26-15-9-5-6-12(18(15)27-11-17(23)24)10-16-19(25)22-14-8-4-3-7-13(14)21-20(22)28-16/h3-10H,2,11H2,1H3,(H,23,24)/p-1/b16-10-. The second-order valence-corrected chi connectivity index (χ2v) is 6.91. The number of benzene rings is 2. The van der Waals surface area contributed by atoms with Crippen LogP contribution in [0.2, 0.25) is 0 Å². The molecule has 0 fully saturated rings. The van der Waals surface area contributed by atoms with Crippen LogP contribution in [-0.4, -0.2) is 28.6 Å². The maximum absolute atomic E-state index is 12.9. The van der Waals surface area contributed by atoms with Crippen LogP contribution in [0.4, 0.5) is 0 Å². The van der Waals surface area contributed by atoms with Crippen LogP contribution in [0, 0.1) is 0 Å². The molecule has 0 aliphatic rings. The van der Waals surface area contributed by atoms with E-state index >= 15 is 0 Å². The van der Waals surface area contributed by atoms with Gasteiger partial charge in [0.1, 0.15) is 6.61 Å². The van der Waals surface area contributed by atoms with Gasteiger partial charge in [-0.2, -0.15) is 0 Å². The van der Waals surface area contributed by atoms with E-state index in [1.807, 2.05) is 31.2 Å². The lowest BCUT2D eigenvalue weighted by Crippen LogP contribution is -2.29. The number of para-hydroxylation sites is 3. The highest BCUT2D eigenvalue weighted by molar-refractivity contribution is 7.15. The lowest BCUT2D eigenvalue weighted by atomic mass is 10.1. The number of nitrogens with zero attached hydrogens (tertiary/aromatic N) is 2. The van der Waals surface area contributed by atoms with Crippen molar-refractivity contribution in [1.29, 1.82) is 0 Å². The fraction of sp³-hybridized carbons (Fsp3) is 0.150. The molecule has 4 rings (SSSR count). The third-order valence-corrected chi connectivity index (χ3v) is 5.04. The van der Waals surface area contributed by atoms with E-state index in [0.29, 0.717) is 27.4 Å². The molecule has 0 saturated heterocycles. The largest absolute Gasteiger partial charge is 0.546 e. The average Bonchev–Trinajstić information content (AvgIpc) is 3.18. The van der Waals surface area contributed by atoms with Crippen molar-refractivity contribution in [2.45, 2.75) is 6.92 Å². The molecule has 7 nitrogen and oxygen atoms in total. The van der Waals surface area contributed by atoms with Crippen molar-refractivity contribution in [1.82, 2.24) is 9.38 Å². The van der Waals surface area contributed by atoms with Gasteiger partial charge in [-0.1, -0.05) is 35.6 Å². The average molecular weight is 395 g/mol. The van der Waals surface area contributed by atoms with Gasteiger partial charge in [-0.15, -0.1) is 0 Å². The summed E-state index contributed by atoms with van der Waals surface area (Å²) in [6.45, 7) is 1.58. The second kappa shape index (κ2) is 7.32. The zero-order valence-electron chi connectivity index (χ0n) is 14.9. The summed E-state index contributed by atoms with van der Waals surface area (Å²) in [5.41, 5.74) is 1.85. The number of thiazole rings is 1. The molecule has 142 valence electrons. The summed E-state index contributed by atoms with van der Waals surface area (Å²) in [5, 5.41) is 10.8. The summed E-state index contributed by atoms with van der Waals surface area (Å²) in [6.07, 6.45) is 1.66. The topological polar surface area (TPSA) is 93.0 Å². The van der Waals surface area contributed by atoms with Gasteiger partial charge in [0.05, 0.1) is 28.1 Å². The van der Waals surface area contributed by atoms with E-state index in [-0.39, 0.29) is 11.3 Å². The van der Waals surface area contributed by atoms with Crippen molar-refractivity contribution in [3.05, 3.63) is 62.9 Å². The Morgan fingerprint density at radius 2 is 2.04 bits per heavy atom. The number of fused-ring (bicyclic) bond motifs is 3. The molecule has 0 bridgehead atoms. The third kappa shape index (κ3) is 3.18. The summed E-state index contributed by atoms with van der Waals surface area (Å²) >= 11 is 1.26. The van der Waals surface area contributed by atoms with Crippen LogP contribution in [0.25, 0.3) is 22.1 Å². The fourth-order valence-corrected chi connectivity index (χ4v) is 3.93. The number of hydrogen-bond acceptors (Lipinski definition) is 7. The zero-order chi connectivity index (χ0) is 19.7. The van der Waals surface area contributed by atoms with Gasteiger partial charge in [0.25, 0.3) is 5.56 Å². The molecule has 0 saturated carbocycles. The van der Waals surface area contributed by atoms with Gasteiger partial charge in [-0.3, -0.25) is 4.79 Å². The van der Waals surface area contributed by atoms with Crippen molar-refractivity contribution in [3.63, 3.8) is 0 Å². The summed E-state index contributed by atoms with van der Waals surface area (Å²) in [4.78, 5) is 28.8. The molecule has 0 unspecified atom stereocenters. The van der Waals surface area contributed by atoms with Crippen molar-refractivity contribution in [2.24, 2.45) is 0 Å².